The largest absolute Gasteiger partial charge is 0.339 e. The summed E-state index contributed by atoms with van der Waals surface area (Å²) in [6.07, 6.45) is 0.722. The molecule has 0 spiro atoms. The van der Waals surface area contributed by atoms with E-state index >= 15 is 0 Å². The van der Waals surface area contributed by atoms with E-state index in [4.69, 9.17) is 0 Å². The summed E-state index contributed by atoms with van der Waals surface area (Å²) < 4.78 is 0. The van der Waals surface area contributed by atoms with Crippen LogP contribution >= 0.6 is 0 Å². The van der Waals surface area contributed by atoms with E-state index in [2.05, 4.69) is 13.8 Å². The Morgan fingerprint density at radius 2 is 2.11 bits per heavy atom. The van der Waals surface area contributed by atoms with E-state index in [1.807, 2.05) is 4.90 Å². The summed E-state index contributed by atoms with van der Waals surface area (Å²) in [5.41, 5.74) is 0. The average Bonchev–Trinajstić information content (AvgIpc) is 2.40. The maximum absolute atomic E-state index is 10.9. The zero-order chi connectivity index (χ0) is 6.85. The molecule has 0 aliphatic carbocycles. The first-order valence-electron chi connectivity index (χ1n) is 3.48. The number of rotatable bonds is 2. The number of carbonyl (C=O) groups is 1. The van der Waals surface area contributed by atoms with Gasteiger partial charge in [0.05, 0.1) is 0 Å². The number of nitrogens with zero attached hydrogens (tertiary/aromatic N) is 1. The summed E-state index contributed by atoms with van der Waals surface area (Å²) in [5.74, 6) is 0.836. The molecule has 2 nitrogen and oxygen atoms in total. The lowest BCUT2D eigenvalue weighted by Crippen LogP contribution is -2.12. The quantitative estimate of drug-likeness (QED) is 0.504. The van der Waals surface area contributed by atoms with Crippen molar-refractivity contribution in [2.75, 3.05) is 13.1 Å². The maximum Gasteiger partial charge on any atom is 0.222 e. The van der Waals surface area contributed by atoms with Gasteiger partial charge in [-0.1, -0.05) is 13.8 Å². The molecule has 0 radical (unpaired) electrons. The van der Waals surface area contributed by atoms with Crippen LogP contribution in [0.3, 0.4) is 0 Å². The number of hydrogen-bond acceptors (Lipinski definition) is 1. The van der Waals surface area contributed by atoms with Gasteiger partial charge < -0.3 is 4.90 Å². The fourth-order valence-electron chi connectivity index (χ4n) is 0.778. The third-order valence-electron chi connectivity index (χ3n) is 1.38. The van der Waals surface area contributed by atoms with E-state index in [-0.39, 0.29) is 0 Å². The van der Waals surface area contributed by atoms with Crippen LogP contribution in [0.25, 0.3) is 0 Å². The van der Waals surface area contributed by atoms with E-state index < -0.39 is 0 Å². The molecule has 0 unspecified atom stereocenters. The lowest BCUT2D eigenvalue weighted by atomic mass is 10.1. The van der Waals surface area contributed by atoms with Crippen molar-refractivity contribution in [3.8, 4) is 0 Å². The Kier molecular flexibility index (Phi) is 1.74. The molecule has 1 fully saturated rings. The van der Waals surface area contributed by atoms with E-state index in [9.17, 15) is 4.79 Å². The predicted octanol–water partition coefficient (Wildman–Crippen LogP) is 0.875. The second-order valence-corrected chi connectivity index (χ2v) is 2.98. The fraction of sp³-hybridized carbons (Fsp3) is 0.857. The van der Waals surface area contributed by atoms with Crippen molar-refractivity contribution >= 4 is 5.91 Å². The Balaban J connectivity index is 2.18. The van der Waals surface area contributed by atoms with Crippen LogP contribution in [0.15, 0.2) is 0 Å². The van der Waals surface area contributed by atoms with Gasteiger partial charge in [0.2, 0.25) is 5.91 Å². The molecule has 0 saturated carbocycles. The molecular weight excluding hydrogens is 114 g/mol. The molecule has 1 aliphatic rings. The highest BCUT2D eigenvalue weighted by atomic mass is 16.2. The van der Waals surface area contributed by atoms with E-state index in [0.717, 1.165) is 19.5 Å². The molecule has 0 bridgehead atoms. The summed E-state index contributed by atoms with van der Waals surface area (Å²) in [5, 5.41) is 0. The van der Waals surface area contributed by atoms with Crippen molar-refractivity contribution in [1.82, 2.24) is 4.90 Å². The lowest BCUT2D eigenvalue weighted by Gasteiger charge is -2.02. The molecule has 0 atom stereocenters. The molecule has 1 saturated heterocycles. The van der Waals surface area contributed by atoms with Crippen LogP contribution in [0.5, 0.6) is 0 Å². The molecule has 9 heavy (non-hydrogen) atoms. The van der Waals surface area contributed by atoms with Gasteiger partial charge in [-0.25, -0.2) is 0 Å². The monoisotopic (exact) mass is 127 g/mol. The summed E-state index contributed by atoms with van der Waals surface area (Å²) in [6, 6.07) is 0. The zero-order valence-electron chi connectivity index (χ0n) is 6.05. The second kappa shape index (κ2) is 2.38. The van der Waals surface area contributed by atoms with Crippen molar-refractivity contribution in [2.45, 2.75) is 20.3 Å². The molecule has 0 aromatic carbocycles. The smallest absolute Gasteiger partial charge is 0.222 e. The molecule has 2 heteroatoms. The first kappa shape index (κ1) is 6.59. The van der Waals surface area contributed by atoms with Gasteiger partial charge in [0.1, 0.15) is 0 Å². The number of hydrogen-bond donors (Lipinski definition) is 0. The summed E-state index contributed by atoms with van der Waals surface area (Å²) in [7, 11) is 0. The van der Waals surface area contributed by atoms with Gasteiger partial charge in [0.25, 0.3) is 0 Å². The predicted molar refractivity (Wildman–Crippen MR) is 36.0 cm³/mol. The maximum atomic E-state index is 10.9. The molecule has 1 amide bonds. The number of carbonyl (C=O) groups excluding carboxylic acids is 1. The van der Waals surface area contributed by atoms with Crippen molar-refractivity contribution < 1.29 is 4.79 Å². The highest BCUT2D eigenvalue weighted by Crippen LogP contribution is 2.10. The molecule has 0 aromatic heterocycles. The first-order chi connectivity index (χ1) is 4.20. The standard InChI is InChI=1S/C7H13NO/c1-6(2)5-7(9)8-3-4-8/h6H,3-5H2,1-2H3. The van der Waals surface area contributed by atoms with E-state index in [1.54, 1.807) is 0 Å². The Morgan fingerprint density at radius 1 is 1.56 bits per heavy atom. The summed E-state index contributed by atoms with van der Waals surface area (Å²) in [6.45, 7) is 6.12. The van der Waals surface area contributed by atoms with Gasteiger partial charge in [-0.05, 0) is 5.92 Å². The van der Waals surface area contributed by atoms with Gasteiger partial charge in [0.15, 0.2) is 0 Å². The molecule has 1 heterocycles. The van der Waals surface area contributed by atoms with Gasteiger partial charge in [0, 0.05) is 19.5 Å². The third kappa shape index (κ3) is 2.04. The highest BCUT2D eigenvalue weighted by molar-refractivity contribution is 5.78. The molecule has 52 valence electrons. The minimum atomic E-state index is 0.324. The SMILES string of the molecule is CC(C)CC(=O)N1CC1. The molecule has 0 aromatic rings. The Morgan fingerprint density at radius 3 is 2.44 bits per heavy atom. The van der Waals surface area contributed by atoms with Crippen LogP contribution in [0.1, 0.15) is 20.3 Å². The van der Waals surface area contributed by atoms with Gasteiger partial charge in [-0.15, -0.1) is 0 Å². The third-order valence-corrected chi connectivity index (χ3v) is 1.38. The first-order valence-corrected chi connectivity index (χ1v) is 3.48. The lowest BCUT2D eigenvalue weighted by molar-refractivity contribution is -0.126. The van der Waals surface area contributed by atoms with E-state index in [0.29, 0.717) is 11.8 Å². The highest BCUT2D eigenvalue weighted by Gasteiger charge is 2.23. The number of amides is 1. The van der Waals surface area contributed by atoms with Crippen molar-refractivity contribution in [3.05, 3.63) is 0 Å². The summed E-state index contributed by atoms with van der Waals surface area (Å²) >= 11 is 0. The van der Waals surface area contributed by atoms with Crippen LogP contribution in [0.4, 0.5) is 0 Å². The Hall–Kier alpha value is -0.530. The molecule has 1 aliphatic heterocycles. The minimum Gasteiger partial charge on any atom is -0.339 e. The minimum absolute atomic E-state index is 0.324. The zero-order valence-corrected chi connectivity index (χ0v) is 6.05. The van der Waals surface area contributed by atoms with Crippen LogP contribution in [0.2, 0.25) is 0 Å². The second-order valence-electron chi connectivity index (χ2n) is 2.98. The fourth-order valence-corrected chi connectivity index (χ4v) is 0.778. The van der Waals surface area contributed by atoms with Crippen molar-refractivity contribution in [2.24, 2.45) is 5.92 Å². The Bertz CT molecular complexity index is 116. The van der Waals surface area contributed by atoms with Crippen LogP contribution in [0, 0.1) is 5.92 Å². The molecular formula is C7H13NO. The van der Waals surface area contributed by atoms with Gasteiger partial charge in [-0.3, -0.25) is 4.79 Å². The summed E-state index contributed by atoms with van der Waals surface area (Å²) in [4.78, 5) is 12.8. The average molecular weight is 127 g/mol. The normalized spacial score (nSPS) is 16.6. The van der Waals surface area contributed by atoms with Crippen LogP contribution < -0.4 is 0 Å². The van der Waals surface area contributed by atoms with Gasteiger partial charge >= 0.3 is 0 Å². The van der Waals surface area contributed by atoms with Gasteiger partial charge in [-0.2, -0.15) is 0 Å². The molecule has 0 N–H and O–H groups in total. The topological polar surface area (TPSA) is 20.1 Å². The molecule has 1 rings (SSSR count). The van der Waals surface area contributed by atoms with Crippen LogP contribution in [-0.4, -0.2) is 23.9 Å². The van der Waals surface area contributed by atoms with Crippen LogP contribution in [-0.2, 0) is 4.79 Å². The van der Waals surface area contributed by atoms with E-state index in [1.165, 1.54) is 0 Å². The van der Waals surface area contributed by atoms with Crippen molar-refractivity contribution in [3.63, 3.8) is 0 Å². The Labute approximate surface area is 55.8 Å². The van der Waals surface area contributed by atoms with Crippen molar-refractivity contribution in [1.29, 1.82) is 0 Å².